The molecule has 0 N–H and O–H groups in total. The number of hydrogen-bond acceptors (Lipinski definition) is 3. The Balaban J connectivity index is 3.08. The summed E-state index contributed by atoms with van der Waals surface area (Å²) < 4.78 is 23.9. The van der Waals surface area contributed by atoms with Gasteiger partial charge in [0.1, 0.15) is 11.4 Å². The number of allylic oxidation sites excluding steroid dienone is 1. The Morgan fingerprint density at radius 3 is 2.75 bits per heavy atom. The molecule has 0 rings (SSSR count). The van der Waals surface area contributed by atoms with Crippen LogP contribution in [0.5, 0.6) is 0 Å². The molecule has 0 aliphatic heterocycles. The second kappa shape index (κ2) is 8.74. The molecular formula is C8H15O3S-. The Hall–Kier alpha value is -0.350. The zero-order valence-electron chi connectivity index (χ0n) is 7.32. The average Bonchev–Trinajstić information content (AvgIpc) is 2.02. The van der Waals surface area contributed by atoms with Crippen molar-refractivity contribution < 1.29 is 12.9 Å². The van der Waals surface area contributed by atoms with Gasteiger partial charge in [0.05, 0.1) is 6.26 Å². The first-order chi connectivity index (χ1) is 5.77. The Morgan fingerprint density at radius 2 is 2.17 bits per heavy atom. The fourth-order valence-electron chi connectivity index (χ4n) is 0.842. The molecule has 0 saturated heterocycles. The molecule has 0 spiro atoms. The second-order valence-electron chi connectivity index (χ2n) is 2.52. The Kier molecular flexibility index (Phi) is 8.49. The summed E-state index contributed by atoms with van der Waals surface area (Å²) in [4.78, 5) is 0. The van der Waals surface area contributed by atoms with Crippen LogP contribution >= 0.6 is 0 Å². The highest BCUT2D eigenvalue weighted by atomic mass is 32.2. The van der Waals surface area contributed by atoms with Crippen molar-refractivity contribution in [2.24, 2.45) is 0 Å². The van der Waals surface area contributed by atoms with E-state index in [9.17, 15) is 8.76 Å². The van der Waals surface area contributed by atoms with Crippen molar-refractivity contribution >= 4 is 11.4 Å². The zero-order valence-corrected chi connectivity index (χ0v) is 8.14. The van der Waals surface area contributed by atoms with E-state index in [0.717, 1.165) is 12.8 Å². The third-order valence-corrected chi connectivity index (χ3v) is 1.72. The van der Waals surface area contributed by atoms with Crippen molar-refractivity contribution in [3.8, 4) is 0 Å². The highest BCUT2D eigenvalue weighted by Crippen LogP contribution is 2.02. The minimum absolute atomic E-state index is 0.886. The van der Waals surface area contributed by atoms with Gasteiger partial charge in [-0.05, 0) is 18.9 Å². The molecule has 0 saturated carbocycles. The van der Waals surface area contributed by atoms with Crippen LogP contribution in [0.3, 0.4) is 0 Å². The molecule has 0 aliphatic rings. The van der Waals surface area contributed by atoms with E-state index in [4.69, 9.17) is 0 Å². The number of hydrogen-bond donors (Lipinski definition) is 0. The molecule has 1 atom stereocenters. The van der Waals surface area contributed by atoms with E-state index in [1.165, 1.54) is 25.5 Å². The zero-order chi connectivity index (χ0) is 9.23. The van der Waals surface area contributed by atoms with Gasteiger partial charge in [-0.3, -0.25) is 0 Å². The van der Waals surface area contributed by atoms with Gasteiger partial charge < -0.3 is 8.74 Å². The normalized spacial score (nSPS) is 13.5. The van der Waals surface area contributed by atoms with Crippen LogP contribution in [0, 0.1) is 0 Å². The van der Waals surface area contributed by atoms with Crippen LogP contribution in [0.4, 0.5) is 0 Å². The SMILES string of the molecule is CCCCCCC=COS(=O)[O-]. The van der Waals surface area contributed by atoms with E-state index < -0.39 is 11.4 Å². The molecule has 0 heterocycles. The molecule has 0 aromatic rings. The molecule has 0 radical (unpaired) electrons. The molecule has 0 fully saturated rings. The maximum absolute atomic E-state index is 9.86. The lowest BCUT2D eigenvalue weighted by Gasteiger charge is -2.00. The molecule has 0 aromatic heterocycles. The third-order valence-electron chi connectivity index (χ3n) is 1.45. The van der Waals surface area contributed by atoms with Crippen LogP contribution < -0.4 is 0 Å². The number of unbranched alkanes of at least 4 members (excludes halogenated alkanes) is 4. The molecule has 3 nitrogen and oxygen atoms in total. The number of rotatable bonds is 7. The topological polar surface area (TPSA) is 49.4 Å². The predicted octanol–water partition coefficient (Wildman–Crippen LogP) is 2.28. The summed E-state index contributed by atoms with van der Waals surface area (Å²) in [5, 5.41) is 0. The van der Waals surface area contributed by atoms with E-state index >= 15 is 0 Å². The van der Waals surface area contributed by atoms with Gasteiger partial charge in [0.2, 0.25) is 0 Å². The summed E-state index contributed by atoms with van der Waals surface area (Å²) in [7, 11) is 0. The van der Waals surface area contributed by atoms with Gasteiger partial charge in [-0.25, -0.2) is 4.21 Å². The van der Waals surface area contributed by atoms with E-state index in [0.29, 0.717) is 0 Å². The third kappa shape index (κ3) is 9.65. The largest absolute Gasteiger partial charge is 0.740 e. The molecule has 12 heavy (non-hydrogen) atoms. The molecule has 0 bridgehead atoms. The smallest absolute Gasteiger partial charge is 0.138 e. The molecule has 0 amide bonds. The Labute approximate surface area is 76.3 Å². The molecule has 72 valence electrons. The van der Waals surface area contributed by atoms with Crippen molar-refractivity contribution in [2.45, 2.75) is 39.0 Å². The summed E-state index contributed by atoms with van der Waals surface area (Å²) in [6, 6.07) is 0. The van der Waals surface area contributed by atoms with Crippen molar-refractivity contribution in [1.29, 1.82) is 0 Å². The highest BCUT2D eigenvalue weighted by Gasteiger charge is 1.84. The molecule has 4 heteroatoms. The summed E-state index contributed by atoms with van der Waals surface area (Å²) in [6.45, 7) is 2.15. The second-order valence-corrected chi connectivity index (χ2v) is 3.12. The minimum atomic E-state index is -2.41. The summed E-state index contributed by atoms with van der Waals surface area (Å²) >= 11 is -2.41. The molecule has 0 aliphatic carbocycles. The first-order valence-corrected chi connectivity index (χ1v) is 5.18. The van der Waals surface area contributed by atoms with Crippen molar-refractivity contribution in [3.63, 3.8) is 0 Å². The van der Waals surface area contributed by atoms with Gasteiger partial charge in [0.25, 0.3) is 0 Å². The highest BCUT2D eigenvalue weighted by molar-refractivity contribution is 7.74. The first-order valence-electron chi connectivity index (χ1n) is 4.18. The lowest BCUT2D eigenvalue weighted by atomic mass is 10.2. The van der Waals surface area contributed by atoms with Gasteiger partial charge in [-0.1, -0.05) is 26.2 Å². The molecule has 0 aromatic carbocycles. The Bertz CT molecular complexity index is 145. The van der Waals surface area contributed by atoms with Crippen molar-refractivity contribution in [1.82, 2.24) is 0 Å². The van der Waals surface area contributed by atoms with Gasteiger partial charge in [-0.2, -0.15) is 0 Å². The lowest BCUT2D eigenvalue weighted by Crippen LogP contribution is -1.85. The van der Waals surface area contributed by atoms with Crippen LogP contribution in [0.2, 0.25) is 0 Å². The van der Waals surface area contributed by atoms with Crippen LogP contribution in [0.15, 0.2) is 12.3 Å². The van der Waals surface area contributed by atoms with E-state index in [1.807, 2.05) is 0 Å². The van der Waals surface area contributed by atoms with Gasteiger partial charge in [0, 0.05) is 0 Å². The quantitative estimate of drug-likeness (QED) is 0.352. The monoisotopic (exact) mass is 191 g/mol. The summed E-state index contributed by atoms with van der Waals surface area (Å²) in [5.74, 6) is 0. The van der Waals surface area contributed by atoms with E-state index in [1.54, 1.807) is 6.08 Å². The van der Waals surface area contributed by atoms with Crippen molar-refractivity contribution in [3.05, 3.63) is 12.3 Å². The lowest BCUT2D eigenvalue weighted by molar-refractivity contribution is 0.404. The summed E-state index contributed by atoms with van der Waals surface area (Å²) in [5.41, 5.74) is 0. The van der Waals surface area contributed by atoms with E-state index in [-0.39, 0.29) is 0 Å². The first kappa shape index (κ1) is 11.6. The maximum Gasteiger partial charge on any atom is 0.138 e. The van der Waals surface area contributed by atoms with Gasteiger partial charge >= 0.3 is 0 Å². The van der Waals surface area contributed by atoms with Gasteiger partial charge in [0.15, 0.2) is 0 Å². The van der Waals surface area contributed by atoms with Crippen LogP contribution in [0.1, 0.15) is 39.0 Å². The minimum Gasteiger partial charge on any atom is -0.740 e. The van der Waals surface area contributed by atoms with E-state index in [2.05, 4.69) is 11.1 Å². The standard InChI is InChI=1S/C8H16O3S/c1-2-3-4-5-6-7-8-11-12(9)10/h7-8H,2-6H2,1H3,(H,9,10)/p-1. The summed E-state index contributed by atoms with van der Waals surface area (Å²) in [6.07, 6.45) is 8.57. The fourth-order valence-corrected chi connectivity index (χ4v) is 1.01. The van der Waals surface area contributed by atoms with Crippen molar-refractivity contribution in [2.75, 3.05) is 0 Å². The molecular weight excluding hydrogens is 176 g/mol. The van der Waals surface area contributed by atoms with Crippen LogP contribution in [0.25, 0.3) is 0 Å². The average molecular weight is 191 g/mol. The fraction of sp³-hybridized carbons (Fsp3) is 0.750. The maximum atomic E-state index is 9.86. The van der Waals surface area contributed by atoms with Gasteiger partial charge in [-0.15, -0.1) is 0 Å². The predicted molar refractivity (Wildman–Crippen MR) is 47.9 cm³/mol. The molecule has 1 unspecified atom stereocenters. The van der Waals surface area contributed by atoms with Crippen LogP contribution in [-0.2, 0) is 15.5 Å². The van der Waals surface area contributed by atoms with Crippen LogP contribution in [-0.4, -0.2) is 8.76 Å². The Morgan fingerprint density at radius 1 is 1.42 bits per heavy atom.